The van der Waals surface area contributed by atoms with Crippen LogP contribution < -0.4 is 69.3 Å². The Bertz CT molecular complexity index is 154. The molecule has 0 fully saturated rings. The van der Waals surface area contributed by atoms with Gasteiger partial charge < -0.3 is 51.9 Å². The van der Waals surface area contributed by atoms with Crippen molar-refractivity contribution in [1.82, 2.24) is 0 Å². The minimum Gasteiger partial charge on any atom is 1.00 e. The van der Waals surface area contributed by atoms with E-state index in [1.807, 2.05) is 0 Å². The van der Waals surface area contributed by atoms with Crippen LogP contribution in [0.25, 0.3) is 0 Å². The van der Waals surface area contributed by atoms with Crippen LogP contribution in [-0.4, -0.2) is 159 Å². The SMILES string of the molecule is O.O.O.O.O=C([O-])C(O)C(O)C(=O)[O-].[KH].[KH].[Na+].[Na+]. The first-order valence-electron chi connectivity index (χ1n) is 2.24. The fraction of sp³-hybridized carbons (Fsp3) is 0.500. The maximum absolute atomic E-state index is 9.63. The monoisotopic (exact) mass is 346 g/mol. The third kappa shape index (κ3) is 28.2. The Morgan fingerprint density at radius 2 is 0.833 bits per heavy atom. The Morgan fingerprint density at radius 3 is 0.889 bits per heavy atom. The smallest absolute Gasteiger partial charge is 1.00 e. The van der Waals surface area contributed by atoms with Gasteiger partial charge in [0.05, 0.1) is 11.9 Å². The first kappa shape index (κ1) is 57.4. The minimum atomic E-state index is -2.44. The average Bonchev–Trinajstić information content (AvgIpc) is 1.84. The standard InChI is InChI=1S/C4H6O6.2K.2Na.4H2O.2H/c5-1(3(7)8)2(6)4(9)10;;;;;;;;;;/h1-2,5-6H,(H,7,8)(H,9,10);;;;;4*1H2;;/q;;;2*+1;;;;;;/p-2. The van der Waals surface area contributed by atoms with E-state index >= 15 is 0 Å². The van der Waals surface area contributed by atoms with Crippen molar-refractivity contribution in [2.24, 2.45) is 0 Å². The van der Waals surface area contributed by atoms with Crippen molar-refractivity contribution in [2.75, 3.05) is 0 Å². The van der Waals surface area contributed by atoms with Crippen LogP contribution in [0.2, 0.25) is 0 Å². The number of carboxylic acid groups (broad SMARTS) is 2. The van der Waals surface area contributed by atoms with Gasteiger partial charge in [-0.2, -0.15) is 0 Å². The normalized spacial score (nSPS) is 8.78. The zero-order valence-electron chi connectivity index (χ0n) is 8.68. The van der Waals surface area contributed by atoms with E-state index in [9.17, 15) is 19.8 Å². The predicted octanol–water partition coefficient (Wildman–Crippen LogP) is -15.4. The van der Waals surface area contributed by atoms with Crippen molar-refractivity contribution >= 4 is 115 Å². The summed E-state index contributed by atoms with van der Waals surface area (Å²) in [5, 5.41) is 35.7. The van der Waals surface area contributed by atoms with Gasteiger partial charge in [-0.1, -0.05) is 0 Å². The van der Waals surface area contributed by atoms with E-state index in [4.69, 9.17) is 10.2 Å². The number of hydrogen-bond acceptors (Lipinski definition) is 6. The molecular formula is C4H14K2Na2O10. The third-order valence-corrected chi connectivity index (χ3v) is 0.782. The molecule has 0 spiro atoms. The van der Waals surface area contributed by atoms with Gasteiger partial charge in [0.25, 0.3) is 0 Å². The van der Waals surface area contributed by atoms with Crippen LogP contribution in [0.5, 0.6) is 0 Å². The number of hydrogen-bond donors (Lipinski definition) is 2. The van der Waals surface area contributed by atoms with E-state index in [2.05, 4.69) is 0 Å². The minimum absolute atomic E-state index is 0. The molecule has 0 heterocycles. The number of aliphatic hydroxyl groups excluding tert-OH is 2. The van der Waals surface area contributed by atoms with Gasteiger partial charge >= 0.3 is 162 Å². The van der Waals surface area contributed by atoms with Crippen molar-refractivity contribution in [2.45, 2.75) is 12.2 Å². The molecule has 0 aliphatic heterocycles. The zero-order chi connectivity index (χ0) is 8.31. The molecule has 0 saturated carbocycles. The molecule has 0 aliphatic rings. The first-order chi connectivity index (χ1) is 4.46. The zero-order valence-corrected chi connectivity index (χ0v) is 12.7. The number of carbonyl (C=O) groups is 2. The molecule has 0 amide bonds. The van der Waals surface area contributed by atoms with Gasteiger partial charge in [0.15, 0.2) is 0 Å². The van der Waals surface area contributed by atoms with E-state index in [0.717, 1.165) is 0 Å². The first-order valence-corrected chi connectivity index (χ1v) is 2.24. The second-order valence-corrected chi connectivity index (χ2v) is 1.53. The molecular weight excluding hydrogens is 332 g/mol. The van der Waals surface area contributed by atoms with E-state index in [-0.39, 0.29) is 184 Å². The van der Waals surface area contributed by atoms with Crippen LogP contribution in [0.4, 0.5) is 0 Å². The number of carbonyl (C=O) groups excluding carboxylic acids is 2. The van der Waals surface area contributed by atoms with Gasteiger partial charge in [0.1, 0.15) is 12.2 Å². The van der Waals surface area contributed by atoms with Crippen LogP contribution in [0.15, 0.2) is 0 Å². The van der Waals surface area contributed by atoms with E-state index in [1.54, 1.807) is 0 Å². The number of carboxylic acids is 2. The predicted molar refractivity (Wildman–Crippen MR) is 50.8 cm³/mol. The van der Waals surface area contributed by atoms with Crippen LogP contribution in [0.1, 0.15) is 0 Å². The molecule has 0 saturated heterocycles. The van der Waals surface area contributed by atoms with Gasteiger partial charge in [0.2, 0.25) is 0 Å². The van der Waals surface area contributed by atoms with Crippen molar-refractivity contribution in [1.29, 1.82) is 0 Å². The number of aliphatic carboxylic acids is 2. The summed E-state index contributed by atoms with van der Waals surface area (Å²) < 4.78 is 0. The summed E-state index contributed by atoms with van der Waals surface area (Å²) in [5.41, 5.74) is 0. The molecule has 0 aromatic heterocycles. The quantitative estimate of drug-likeness (QED) is 0.469. The summed E-state index contributed by atoms with van der Waals surface area (Å²) in [7, 11) is 0. The van der Waals surface area contributed by atoms with Gasteiger partial charge in [-0.15, -0.1) is 0 Å². The summed E-state index contributed by atoms with van der Waals surface area (Å²) in [4.78, 5) is 19.3. The second-order valence-electron chi connectivity index (χ2n) is 1.53. The summed E-state index contributed by atoms with van der Waals surface area (Å²) in [6.07, 6.45) is -4.88. The molecule has 10 nitrogen and oxygen atoms in total. The van der Waals surface area contributed by atoms with Crippen molar-refractivity contribution in [3.8, 4) is 0 Å². The van der Waals surface area contributed by atoms with Crippen molar-refractivity contribution < 1.29 is 111 Å². The topological polar surface area (TPSA) is 247 Å². The Balaban J connectivity index is -0.0000000145. The van der Waals surface area contributed by atoms with Gasteiger partial charge in [-0.05, 0) is 0 Å². The van der Waals surface area contributed by atoms with Gasteiger partial charge in [-0.25, -0.2) is 0 Å². The van der Waals surface area contributed by atoms with E-state index in [1.165, 1.54) is 0 Å². The average molecular weight is 346 g/mol. The maximum atomic E-state index is 9.63. The molecule has 0 aromatic carbocycles. The van der Waals surface area contributed by atoms with Crippen molar-refractivity contribution in [3.63, 3.8) is 0 Å². The largest absolute Gasteiger partial charge is 1.00 e. The molecule has 14 heteroatoms. The van der Waals surface area contributed by atoms with Crippen LogP contribution in [0, 0.1) is 0 Å². The molecule has 0 aliphatic carbocycles. The third-order valence-electron chi connectivity index (χ3n) is 0.782. The molecule has 0 rings (SSSR count). The van der Waals surface area contributed by atoms with E-state index < -0.39 is 24.1 Å². The van der Waals surface area contributed by atoms with Crippen molar-refractivity contribution in [3.05, 3.63) is 0 Å². The fourth-order valence-corrected chi connectivity index (χ4v) is 0.258. The molecule has 0 radical (unpaired) electrons. The molecule has 18 heavy (non-hydrogen) atoms. The van der Waals surface area contributed by atoms with Crippen LogP contribution in [0.3, 0.4) is 0 Å². The molecule has 2 unspecified atom stereocenters. The Kier molecular flexibility index (Phi) is 105. The van der Waals surface area contributed by atoms with Crippen LogP contribution >= 0.6 is 0 Å². The maximum Gasteiger partial charge on any atom is 1.00 e. The number of rotatable bonds is 3. The number of aliphatic hydroxyl groups is 2. The Labute approximate surface area is 232 Å². The van der Waals surface area contributed by atoms with E-state index in [0.29, 0.717) is 0 Å². The summed E-state index contributed by atoms with van der Waals surface area (Å²) in [6, 6.07) is 0. The molecule has 0 bridgehead atoms. The van der Waals surface area contributed by atoms with Gasteiger partial charge in [0, 0.05) is 0 Å². The fourth-order valence-electron chi connectivity index (χ4n) is 0.258. The molecule has 94 valence electrons. The molecule has 0 aromatic rings. The van der Waals surface area contributed by atoms with Crippen LogP contribution in [-0.2, 0) is 9.59 Å². The summed E-state index contributed by atoms with van der Waals surface area (Å²) in [6.45, 7) is 0. The van der Waals surface area contributed by atoms with Gasteiger partial charge in [-0.3, -0.25) is 0 Å². The summed E-state index contributed by atoms with van der Waals surface area (Å²) in [5.74, 6) is -4.12. The second kappa shape index (κ2) is 32.8. The molecule has 2 atom stereocenters. The molecule has 10 N–H and O–H groups in total. The Hall–Kier alpha value is 3.97. The summed E-state index contributed by atoms with van der Waals surface area (Å²) >= 11 is 0. The Morgan fingerprint density at radius 1 is 0.722 bits per heavy atom.